The molecule has 1 atom stereocenters. The molecule has 2 rings (SSSR count). The molecule has 0 saturated heterocycles. The topological polar surface area (TPSA) is 67.4 Å². The standard InChI is InChI=1S/C21H26N2O3/c1-14-10-12-16(13-11-14)26-15(2)19(24)22-18-9-7-6-8-17(18)20(25)23-21(3,4)5/h6-13,15H,1-5H3,(H,22,24)(H,23,25)/t15-/m1/s1. The molecule has 0 aliphatic carbocycles. The second-order valence-corrected chi connectivity index (χ2v) is 7.31. The summed E-state index contributed by atoms with van der Waals surface area (Å²) in [5.74, 6) is 0.0686. The van der Waals surface area contributed by atoms with Gasteiger partial charge in [0.05, 0.1) is 11.3 Å². The number of hydrogen-bond donors (Lipinski definition) is 2. The van der Waals surface area contributed by atoms with E-state index in [1.165, 1.54) is 0 Å². The highest BCUT2D eigenvalue weighted by Gasteiger charge is 2.21. The van der Waals surface area contributed by atoms with Crippen LogP contribution in [0.2, 0.25) is 0 Å². The highest BCUT2D eigenvalue weighted by atomic mass is 16.5. The zero-order valence-electron chi connectivity index (χ0n) is 15.9. The van der Waals surface area contributed by atoms with Crippen LogP contribution in [0.15, 0.2) is 48.5 Å². The number of amides is 2. The number of ether oxygens (including phenoxy) is 1. The molecule has 2 aromatic carbocycles. The molecule has 0 aliphatic rings. The lowest BCUT2D eigenvalue weighted by Gasteiger charge is -2.22. The van der Waals surface area contributed by atoms with Gasteiger partial charge in [-0.3, -0.25) is 9.59 Å². The van der Waals surface area contributed by atoms with Crippen molar-refractivity contribution in [3.05, 3.63) is 59.7 Å². The van der Waals surface area contributed by atoms with E-state index in [4.69, 9.17) is 4.74 Å². The maximum absolute atomic E-state index is 12.5. The van der Waals surface area contributed by atoms with Crippen LogP contribution >= 0.6 is 0 Å². The average Bonchev–Trinajstić information content (AvgIpc) is 2.55. The summed E-state index contributed by atoms with van der Waals surface area (Å²) in [7, 11) is 0. The normalized spacial score (nSPS) is 12.2. The summed E-state index contributed by atoms with van der Waals surface area (Å²) in [6.45, 7) is 9.38. The van der Waals surface area contributed by atoms with Crippen LogP contribution in [0.4, 0.5) is 5.69 Å². The predicted octanol–water partition coefficient (Wildman–Crippen LogP) is 3.93. The fourth-order valence-electron chi connectivity index (χ4n) is 2.31. The van der Waals surface area contributed by atoms with Crippen LogP contribution in [-0.4, -0.2) is 23.5 Å². The Balaban J connectivity index is 2.08. The van der Waals surface area contributed by atoms with Crippen LogP contribution in [0.25, 0.3) is 0 Å². The van der Waals surface area contributed by atoms with Crippen LogP contribution in [0.1, 0.15) is 43.6 Å². The van der Waals surface area contributed by atoms with Crippen molar-refractivity contribution in [3.63, 3.8) is 0 Å². The smallest absolute Gasteiger partial charge is 0.265 e. The Morgan fingerprint density at radius 2 is 1.62 bits per heavy atom. The van der Waals surface area contributed by atoms with E-state index >= 15 is 0 Å². The Hall–Kier alpha value is -2.82. The summed E-state index contributed by atoms with van der Waals surface area (Å²) >= 11 is 0. The van der Waals surface area contributed by atoms with Crippen molar-refractivity contribution < 1.29 is 14.3 Å². The maximum atomic E-state index is 12.5. The van der Waals surface area contributed by atoms with Crippen molar-refractivity contribution in [2.24, 2.45) is 0 Å². The van der Waals surface area contributed by atoms with Gasteiger partial charge in [-0.2, -0.15) is 0 Å². The minimum Gasteiger partial charge on any atom is -0.481 e. The average molecular weight is 354 g/mol. The van der Waals surface area contributed by atoms with Crippen LogP contribution in [0.5, 0.6) is 5.75 Å². The molecule has 0 heterocycles. The van der Waals surface area contributed by atoms with Crippen molar-refractivity contribution in [2.45, 2.75) is 46.3 Å². The Labute approximate surface area is 154 Å². The number of para-hydroxylation sites is 1. The third-order valence-electron chi connectivity index (χ3n) is 3.62. The van der Waals surface area contributed by atoms with Crippen molar-refractivity contribution in [1.29, 1.82) is 0 Å². The van der Waals surface area contributed by atoms with Gasteiger partial charge >= 0.3 is 0 Å². The molecule has 26 heavy (non-hydrogen) atoms. The fourth-order valence-corrected chi connectivity index (χ4v) is 2.31. The number of rotatable bonds is 5. The van der Waals surface area contributed by atoms with Gasteiger partial charge in [0.15, 0.2) is 6.10 Å². The Bertz CT molecular complexity index is 777. The number of anilines is 1. The molecule has 0 unspecified atom stereocenters. The number of benzene rings is 2. The minimum absolute atomic E-state index is 0.236. The summed E-state index contributed by atoms with van der Waals surface area (Å²) in [5, 5.41) is 5.69. The Morgan fingerprint density at radius 3 is 2.23 bits per heavy atom. The van der Waals surface area contributed by atoms with Gasteiger partial charge < -0.3 is 15.4 Å². The van der Waals surface area contributed by atoms with Gasteiger partial charge in [0, 0.05) is 5.54 Å². The highest BCUT2D eigenvalue weighted by molar-refractivity contribution is 6.04. The molecule has 0 fully saturated rings. The van der Waals surface area contributed by atoms with E-state index in [9.17, 15) is 9.59 Å². The van der Waals surface area contributed by atoms with E-state index in [-0.39, 0.29) is 17.4 Å². The van der Waals surface area contributed by atoms with Gasteiger partial charge in [-0.1, -0.05) is 29.8 Å². The van der Waals surface area contributed by atoms with Crippen molar-refractivity contribution in [1.82, 2.24) is 5.32 Å². The molecule has 0 bridgehead atoms. The SMILES string of the molecule is Cc1ccc(O[C@H](C)C(=O)Nc2ccccc2C(=O)NC(C)(C)C)cc1. The largest absolute Gasteiger partial charge is 0.481 e. The van der Waals surface area contributed by atoms with Crippen LogP contribution in [0.3, 0.4) is 0 Å². The summed E-state index contributed by atoms with van der Waals surface area (Å²) < 4.78 is 5.67. The van der Waals surface area contributed by atoms with E-state index in [2.05, 4.69) is 10.6 Å². The van der Waals surface area contributed by atoms with E-state index in [0.717, 1.165) is 5.56 Å². The molecule has 2 amide bonds. The van der Waals surface area contributed by atoms with E-state index in [1.807, 2.05) is 52.0 Å². The summed E-state index contributed by atoms with van der Waals surface area (Å²) in [6.07, 6.45) is -0.698. The van der Waals surface area contributed by atoms with Crippen molar-refractivity contribution >= 4 is 17.5 Å². The third kappa shape index (κ3) is 5.62. The molecule has 0 aromatic heterocycles. The summed E-state index contributed by atoms with van der Waals surface area (Å²) in [5.41, 5.74) is 1.63. The highest BCUT2D eigenvalue weighted by Crippen LogP contribution is 2.18. The lowest BCUT2D eigenvalue weighted by atomic mass is 10.1. The van der Waals surface area contributed by atoms with Crippen LogP contribution in [0, 0.1) is 6.92 Å². The first-order valence-electron chi connectivity index (χ1n) is 8.61. The molecule has 2 aromatic rings. The van der Waals surface area contributed by atoms with Gasteiger partial charge in [0.25, 0.3) is 11.8 Å². The Morgan fingerprint density at radius 1 is 1.00 bits per heavy atom. The Kier molecular flexibility index (Phi) is 6.03. The number of nitrogens with one attached hydrogen (secondary N) is 2. The zero-order chi connectivity index (χ0) is 19.3. The molecule has 5 heteroatoms. The molecule has 0 aliphatic heterocycles. The van der Waals surface area contributed by atoms with Gasteiger partial charge in [-0.15, -0.1) is 0 Å². The summed E-state index contributed by atoms with van der Waals surface area (Å²) in [4.78, 5) is 24.9. The monoisotopic (exact) mass is 354 g/mol. The number of carbonyl (C=O) groups excluding carboxylic acids is 2. The summed E-state index contributed by atoms with van der Waals surface area (Å²) in [6, 6.07) is 14.4. The van der Waals surface area contributed by atoms with Gasteiger partial charge in [0.2, 0.25) is 0 Å². The van der Waals surface area contributed by atoms with Crippen LogP contribution < -0.4 is 15.4 Å². The van der Waals surface area contributed by atoms with E-state index < -0.39 is 6.10 Å². The van der Waals surface area contributed by atoms with Crippen LogP contribution in [-0.2, 0) is 4.79 Å². The third-order valence-corrected chi connectivity index (χ3v) is 3.62. The van der Waals surface area contributed by atoms with E-state index in [1.54, 1.807) is 31.2 Å². The minimum atomic E-state index is -0.698. The van der Waals surface area contributed by atoms with Gasteiger partial charge in [-0.05, 0) is 58.9 Å². The molecular formula is C21H26N2O3. The number of aryl methyl sites for hydroxylation is 1. The molecule has 5 nitrogen and oxygen atoms in total. The molecule has 0 spiro atoms. The molecule has 2 N–H and O–H groups in total. The lowest BCUT2D eigenvalue weighted by Crippen LogP contribution is -2.41. The number of hydrogen-bond acceptors (Lipinski definition) is 3. The second-order valence-electron chi connectivity index (χ2n) is 7.31. The van der Waals surface area contributed by atoms with Gasteiger partial charge in [0.1, 0.15) is 5.75 Å². The van der Waals surface area contributed by atoms with E-state index in [0.29, 0.717) is 17.0 Å². The van der Waals surface area contributed by atoms with Crippen molar-refractivity contribution in [3.8, 4) is 5.75 Å². The molecule has 0 radical (unpaired) electrons. The lowest BCUT2D eigenvalue weighted by molar-refractivity contribution is -0.122. The molecular weight excluding hydrogens is 328 g/mol. The first-order chi connectivity index (χ1) is 12.2. The number of carbonyl (C=O) groups is 2. The molecule has 0 saturated carbocycles. The fraction of sp³-hybridized carbons (Fsp3) is 0.333. The van der Waals surface area contributed by atoms with Crippen molar-refractivity contribution in [2.75, 3.05) is 5.32 Å². The second kappa shape index (κ2) is 8.04. The molecule has 138 valence electrons. The first kappa shape index (κ1) is 19.5. The predicted molar refractivity (Wildman–Crippen MR) is 104 cm³/mol. The quantitative estimate of drug-likeness (QED) is 0.855. The zero-order valence-corrected chi connectivity index (χ0v) is 15.9. The first-order valence-corrected chi connectivity index (χ1v) is 8.61. The maximum Gasteiger partial charge on any atom is 0.265 e. The van der Waals surface area contributed by atoms with Gasteiger partial charge in [-0.25, -0.2) is 0 Å².